The first kappa shape index (κ1) is 13.3. The Labute approximate surface area is 114 Å². The van der Waals surface area contributed by atoms with Crippen molar-refractivity contribution in [2.45, 2.75) is 20.8 Å². The van der Waals surface area contributed by atoms with Gasteiger partial charge >= 0.3 is 0 Å². The van der Waals surface area contributed by atoms with Gasteiger partial charge in [-0.3, -0.25) is 4.98 Å². The molecule has 1 heteroatoms. The van der Waals surface area contributed by atoms with E-state index in [1.54, 1.807) is 0 Å². The van der Waals surface area contributed by atoms with Crippen LogP contribution in [0, 0.1) is 6.92 Å². The van der Waals surface area contributed by atoms with Gasteiger partial charge in [-0.25, -0.2) is 0 Å². The Hall–Kier alpha value is -2.15. The maximum atomic E-state index is 4.67. The summed E-state index contributed by atoms with van der Waals surface area (Å²) in [5, 5.41) is 2.48. The summed E-state index contributed by atoms with van der Waals surface area (Å²) in [4.78, 5) is 4.67. The fraction of sp³-hybridized carbons (Fsp3) is 0.167. The molecule has 0 aliphatic heterocycles. The maximum absolute atomic E-state index is 4.67. The quantitative estimate of drug-likeness (QED) is 0.575. The van der Waals surface area contributed by atoms with Crippen molar-refractivity contribution in [3.63, 3.8) is 0 Å². The van der Waals surface area contributed by atoms with Gasteiger partial charge in [-0.05, 0) is 18.4 Å². The molecule has 0 bridgehead atoms. The van der Waals surface area contributed by atoms with Crippen molar-refractivity contribution in [2.24, 2.45) is 0 Å². The van der Waals surface area contributed by atoms with E-state index >= 15 is 0 Å². The van der Waals surface area contributed by atoms with Gasteiger partial charge in [0.15, 0.2) is 0 Å². The van der Waals surface area contributed by atoms with Crippen LogP contribution >= 0.6 is 0 Å². The highest BCUT2D eigenvalue weighted by Crippen LogP contribution is 2.24. The zero-order valence-corrected chi connectivity index (χ0v) is 11.7. The van der Waals surface area contributed by atoms with Gasteiger partial charge in [0, 0.05) is 16.6 Å². The first-order valence-electron chi connectivity index (χ1n) is 6.76. The second-order valence-electron chi connectivity index (χ2n) is 4.18. The van der Waals surface area contributed by atoms with Crippen molar-refractivity contribution >= 4 is 10.8 Å². The number of aryl methyl sites for hydroxylation is 1. The summed E-state index contributed by atoms with van der Waals surface area (Å²) in [5.74, 6) is 0. The van der Waals surface area contributed by atoms with Gasteiger partial charge in [-0.15, -0.1) is 0 Å². The van der Waals surface area contributed by atoms with Gasteiger partial charge in [0.2, 0.25) is 0 Å². The lowest BCUT2D eigenvalue weighted by atomic mass is 10.1. The van der Waals surface area contributed by atoms with Crippen LogP contribution in [-0.2, 0) is 0 Å². The third-order valence-electron chi connectivity index (χ3n) is 3.00. The molecule has 0 amide bonds. The second-order valence-corrected chi connectivity index (χ2v) is 4.18. The largest absolute Gasteiger partial charge is 0.252 e. The third kappa shape index (κ3) is 2.82. The topological polar surface area (TPSA) is 12.9 Å². The number of pyridine rings is 1. The number of hydrogen-bond acceptors (Lipinski definition) is 1. The molecule has 0 fully saturated rings. The molecule has 0 saturated heterocycles. The molecule has 96 valence electrons. The van der Waals surface area contributed by atoms with Crippen LogP contribution in [-0.4, -0.2) is 4.98 Å². The van der Waals surface area contributed by atoms with Crippen molar-refractivity contribution in [3.05, 3.63) is 66.4 Å². The first-order valence-corrected chi connectivity index (χ1v) is 6.76. The average Bonchev–Trinajstić information content (AvgIpc) is 2.50. The summed E-state index contributed by atoms with van der Waals surface area (Å²) < 4.78 is 0. The molecule has 0 saturated carbocycles. The van der Waals surface area contributed by atoms with E-state index in [0.29, 0.717) is 0 Å². The van der Waals surface area contributed by atoms with Crippen LogP contribution in [0.25, 0.3) is 22.0 Å². The summed E-state index contributed by atoms with van der Waals surface area (Å²) in [7, 11) is 0. The third-order valence-corrected chi connectivity index (χ3v) is 3.00. The molecule has 0 radical (unpaired) electrons. The molecule has 1 nitrogen and oxygen atoms in total. The molecule has 0 aliphatic rings. The lowest BCUT2D eigenvalue weighted by molar-refractivity contribution is 1.24. The highest BCUT2D eigenvalue weighted by atomic mass is 14.7. The molecular weight excluding hydrogens is 230 g/mol. The van der Waals surface area contributed by atoms with Crippen molar-refractivity contribution in [1.82, 2.24) is 4.98 Å². The van der Waals surface area contributed by atoms with Crippen LogP contribution in [0.5, 0.6) is 0 Å². The van der Waals surface area contributed by atoms with E-state index in [1.807, 2.05) is 32.0 Å². The molecule has 1 heterocycles. The maximum Gasteiger partial charge on any atom is 0.0711 e. The Kier molecular flexibility index (Phi) is 4.30. The molecule has 3 aromatic rings. The van der Waals surface area contributed by atoms with Crippen molar-refractivity contribution in [1.29, 1.82) is 0 Å². The number of aromatic nitrogens is 1. The summed E-state index contributed by atoms with van der Waals surface area (Å²) in [6, 6.07) is 20.8. The SMILES string of the molecule is CC.Cc1nc(-c2ccccc2)cc2ccccc12. The van der Waals surface area contributed by atoms with Gasteiger partial charge < -0.3 is 0 Å². The highest BCUT2D eigenvalue weighted by molar-refractivity contribution is 5.87. The van der Waals surface area contributed by atoms with Gasteiger partial charge in [0.1, 0.15) is 0 Å². The van der Waals surface area contributed by atoms with E-state index in [4.69, 9.17) is 0 Å². The number of hydrogen-bond donors (Lipinski definition) is 0. The average molecular weight is 249 g/mol. The normalized spacial score (nSPS) is 9.84. The van der Waals surface area contributed by atoms with Crippen LogP contribution in [0.1, 0.15) is 19.5 Å². The Morgan fingerprint density at radius 1 is 0.789 bits per heavy atom. The molecule has 3 rings (SSSR count). The van der Waals surface area contributed by atoms with Crippen LogP contribution < -0.4 is 0 Å². The van der Waals surface area contributed by atoms with E-state index < -0.39 is 0 Å². The van der Waals surface area contributed by atoms with Crippen molar-refractivity contribution in [3.8, 4) is 11.3 Å². The minimum atomic E-state index is 1.04. The minimum Gasteiger partial charge on any atom is -0.252 e. The van der Waals surface area contributed by atoms with Crippen LogP contribution in [0.4, 0.5) is 0 Å². The first-order chi connectivity index (χ1) is 9.34. The Bertz CT molecular complexity index is 657. The van der Waals surface area contributed by atoms with Gasteiger partial charge in [-0.1, -0.05) is 68.4 Å². The van der Waals surface area contributed by atoms with Gasteiger partial charge in [0.05, 0.1) is 5.69 Å². The van der Waals surface area contributed by atoms with Crippen LogP contribution in [0.2, 0.25) is 0 Å². The second kappa shape index (κ2) is 6.14. The van der Waals surface area contributed by atoms with Crippen LogP contribution in [0.3, 0.4) is 0 Å². The summed E-state index contributed by atoms with van der Waals surface area (Å²) >= 11 is 0. The minimum absolute atomic E-state index is 1.04. The van der Waals surface area contributed by atoms with Crippen LogP contribution in [0.15, 0.2) is 60.7 Å². The van der Waals surface area contributed by atoms with E-state index in [9.17, 15) is 0 Å². The Balaban J connectivity index is 0.000000637. The fourth-order valence-corrected chi connectivity index (χ4v) is 2.13. The molecule has 1 aromatic heterocycles. The molecule has 0 atom stereocenters. The standard InChI is InChI=1S/C16H13N.C2H6/c1-12-15-10-6-5-9-14(15)11-16(17-12)13-7-3-2-4-8-13;1-2/h2-11H,1H3;1-2H3. The van der Waals surface area contributed by atoms with E-state index in [-0.39, 0.29) is 0 Å². The van der Waals surface area contributed by atoms with E-state index in [0.717, 1.165) is 11.4 Å². The molecule has 19 heavy (non-hydrogen) atoms. The number of benzene rings is 2. The molecule has 0 unspecified atom stereocenters. The smallest absolute Gasteiger partial charge is 0.0711 e. The molecule has 0 aliphatic carbocycles. The zero-order valence-electron chi connectivity index (χ0n) is 11.7. The lowest BCUT2D eigenvalue weighted by Gasteiger charge is -2.06. The molecular formula is C18H19N. The molecule has 0 N–H and O–H groups in total. The summed E-state index contributed by atoms with van der Waals surface area (Å²) in [5.41, 5.74) is 3.30. The molecule has 0 spiro atoms. The van der Waals surface area contributed by atoms with Gasteiger partial charge in [0.25, 0.3) is 0 Å². The lowest BCUT2D eigenvalue weighted by Crippen LogP contribution is -1.88. The summed E-state index contributed by atoms with van der Waals surface area (Å²) in [6.07, 6.45) is 0. The van der Waals surface area contributed by atoms with E-state index in [2.05, 4.69) is 54.4 Å². The predicted octanol–water partition coefficient (Wildman–Crippen LogP) is 5.24. The van der Waals surface area contributed by atoms with Crippen molar-refractivity contribution in [2.75, 3.05) is 0 Å². The van der Waals surface area contributed by atoms with Gasteiger partial charge in [-0.2, -0.15) is 0 Å². The number of nitrogens with zero attached hydrogens (tertiary/aromatic N) is 1. The van der Waals surface area contributed by atoms with Crippen molar-refractivity contribution < 1.29 is 0 Å². The number of rotatable bonds is 1. The summed E-state index contributed by atoms with van der Waals surface area (Å²) in [6.45, 7) is 6.06. The monoisotopic (exact) mass is 249 g/mol. The highest BCUT2D eigenvalue weighted by Gasteiger charge is 2.03. The molecule has 2 aromatic carbocycles. The zero-order chi connectivity index (χ0) is 13.7. The Morgan fingerprint density at radius 3 is 2.16 bits per heavy atom. The Morgan fingerprint density at radius 2 is 1.42 bits per heavy atom. The number of fused-ring (bicyclic) bond motifs is 1. The predicted molar refractivity (Wildman–Crippen MR) is 83.3 cm³/mol. The fourth-order valence-electron chi connectivity index (χ4n) is 2.13. The van der Waals surface area contributed by atoms with E-state index in [1.165, 1.54) is 16.3 Å².